The molecule has 0 fully saturated rings. The molecule has 288 valence electrons. The second kappa shape index (κ2) is 24.1. The third-order valence-electron chi connectivity index (χ3n) is 9.81. The molecule has 0 atom stereocenters. The summed E-state index contributed by atoms with van der Waals surface area (Å²) in [6.07, 6.45) is 25.2. The van der Waals surface area contributed by atoms with Crippen LogP contribution in [0.25, 0.3) is 0 Å². The first-order valence-corrected chi connectivity index (χ1v) is 22.2. The van der Waals surface area contributed by atoms with Gasteiger partial charge in [0.2, 0.25) is 0 Å². The molecule has 0 unspecified atom stereocenters. The van der Waals surface area contributed by atoms with Crippen molar-refractivity contribution in [1.82, 2.24) is 0 Å². The van der Waals surface area contributed by atoms with Crippen LogP contribution >= 0.6 is 36.2 Å². The standard InChI is InChI=1S/C46H74O2S3/c1-11-13-15-17-19-21-23-25-27-29-43(49)47-39-31-35(3)41(33-37(39)45(5,6)7)51-42-34-38(46(8,9)10)40(32-36(42)4)48-44(50)30-28-26-24-22-20-18-16-14-12-2/h31-34H,11-30H2,1-10H3. The van der Waals surface area contributed by atoms with Crippen LogP contribution < -0.4 is 9.47 Å². The van der Waals surface area contributed by atoms with Crippen LogP contribution in [0.15, 0.2) is 34.1 Å². The van der Waals surface area contributed by atoms with E-state index in [1.807, 2.05) is 11.8 Å². The summed E-state index contributed by atoms with van der Waals surface area (Å²) < 4.78 is 12.9. The summed E-state index contributed by atoms with van der Waals surface area (Å²) >= 11 is 13.4. The summed E-state index contributed by atoms with van der Waals surface area (Å²) in [6.45, 7) is 22.5. The lowest BCUT2D eigenvalue weighted by atomic mass is 9.85. The van der Waals surface area contributed by atoms with Gasteiger partial charge in [0, 0.05) is 33.8 Å². The normalized spacial score (nSPS) is 12.0. The van der Waals surface area contributed by atoms with E-state index in [-0.39, 0.29) is 10.8 Å². The number of ether oxygens (including phenoxy) is 2. The lowest BCUT2D eigenvalue weighted by Crippen LogP contribution is -2.16. The maximum atomic E-state index is 6.43. The van der Waals surface area contributed by atoms with Crippen molar-refractivity contribution in [2.75, 3.05) is 0 Å². The molecular formula is C46H74O2S3. The zero-order valence-electron chi connectivity index (χ0n) is 34.5. The fourth-order valence-electron chi connectivity index (χ4n) is 6.51. The first-order valence-electron chi connectivity index (χ1n) is 20.6. The largest absolute Gasteiger partial charge is 0.450 e. The van der Waals surface area contributed by atoms with Crippen molar-refractivity contribution in [2.45, 2.75) is 218 Å². The van der Waals surface area contributed by atoms with Crippen LogP contribution in [0, 0.1) is 13.8 Å². The van der Waals surface area contributed by atoms with Gasteiger partial charge in [-0.05, 0) is 97.3 Å². The van der Waals surface area contributed by atoms with Crippen LogP contribution in [0.3, 0.4) is 0 Å². The molecule has 0 saturated carbocycles. The Labute approximate surface area is 330 Å². The smallest absolute Gasteiger partial charge is 0.167 e. The summed E-state index contributed by atoms with van der Waals surface area (Å²) in [5.41, 5.74) is 4.63. The molecule has 5 heteroatoms. The van der Waals surface area contributed by atoms with Gasteiger partial charge in [0.15, 0.2) is 10.1 Å². The first kappa shape index (κ1) is 45.7. The highest BCUT2D eigenvalue weighted by atomic mass is 32.2. The Morgan fingerprint density at radius 3 is 1.08 bits per heavy atom. The van der Waals surface area contributed by atoms with Crippen molar-refractivity contribution in [1.29, 1.82) is 0 Å². The molecule has 0 aromatic heterocycles. The molecule has 51 heavy (non-hydrogen) atoms. The Hall–Kier alpha value is -1.43. The van der Waals surface area contributed by atoms with E-state index in [1.54, 1.807) is 0 Å². The Kier molecular flexibility index (Phi) is 21.6. The molecule has 0 saturated heterocycles. The van der Waals surface area contributed by atoms with Gasteiger partial charge in [0.1, 0.15) is 11.5 Å². The first-order chi connectivity index (χ1) is 24.2. The van der Waals surface area contributed by atoms with E-state index in [0.29, 0.717) is 10.1 Å². The van der Waals surface area contributed by atoms with E-state index < -0.39 is 0 Å². The number of benzene rings is 2. The number of hydrogen-bond donors (Lipinski definition) is 0. The molecule has 0 N–H and O–H groups in total. The molecule has 0 amide bonds. The number of rotatable bonds is 24. The van der Waals surface area contributed by atoms with E-state index in [0.717, 1.165) is 37.2 Å². The number of thiocarbonyl (C=S) groups is 2. The van der Waals surface area contributed by atoms with Gasteiger partial charge in [-0.3, -0.25) is 0 Å². The predicted octanol–water partition coefficient (Wildman–Crippen LogP) is 16.3. The van der Waals surface area contributed by atoms with Gasteiger partial charge in [0.25, 0.3) is 0 Å². The van der Waals surface area contributed by atoms with E-state index in [9.17, 15) is 0 Å². The summed E-state index contributed by atoms with van der Waals surface area (Å²) in [6, 6.07) is 9.07. The molecule has 0 bridgehead atoms. The molecule has 2 rings (SSSR count). The van der Waals surface area contributed by atoms with E-state index in [2.05, 4.69) is 93.5 Å². The summed E-state index contributed by atoms with van der Waals surface area (Å²) in [5.74, 6) is 1.81. The third kappa shape index (κ3) is 18.0. The highest BCUT2D eigenvalue weighted by Crippen LogP contribution is 2.43. The average Bonchev–Trinajstić information content (AvgIpc) is 3.04. The summed E-state index contributed by atoms with van der Waals surface area (Å²) in [7, 11) is 0. The zero-order valence-corrected chi connectivity index (χ0v) is 36.9. The molecule has 2 nitrogen and oxygen atoms in total. The molecule has 2 aromatic rings. The summed E-state index contributed by atoms with van der Waals surface area (Å²) in [5, 5.41) is 1.42. The lowest BCUT2D eigenvalue weighted by molar-refractivity contribution is 0.494. The number of unbranched alkanes of at least 4 members (excludes halogenated alkanes) is 16. The van der Waals surface area contributed by atoms with E-state index >= 15 is 0 Å². The van der Waals surface area contributed by atoms with Gasteiger partial charge in [-0.2, -0.15) is 0 Å². The minimum absolute atomic E-state index is 0.0840. The van der Waals surface area contributed by atoms with Crippen molar-refractivity contribution in [3.8, 4) is 11.5 Å². The highest BCUT2D eigenvalue weighted by molar-refractivity contribution is 7.99. The molecule has 0 aliphatic carbocycles. The molecule has 0 heterocycles. The molecular weight excluding hydrogens is 681 g/mol. The van der Waals surface area contributed by atoms with Crippen molar-refractivity contribution in [2.24, 2.45) is 0 Å². The number of aryl methyl sites for hydroxylation is 2. The van der Waals surface area contributed by atoms with Crippen LogP contribution in [0.4, 0.5) is 0 Å². The van der Waals surface area contributed by atoms with Crippen molar-refractivity contribution in [3.63, 3.8) is 0 Å². The fourth-order valence-corrected chi connectivity index (χ4v) is 8.01. The Balaban J connectivity index is 2.08. The number of hydrogen-bond acceptors (Lipinski definition) is 5. The van der Waals surface area contributed by atoms with E-state index in [1.165, 1.54) is 135 Å². The van der Waals surface area contributed by atoms with Gasteiger partial charge in [-0.15, -0.1) is 0 Å². The second-order valence-electron chi connectivity index (χ2n) is 16.9. The average molecular weight is 755 g/mol. The molecule has 2 aromatic carbocycles. The maximum Gasteiger partial charge on any atom is 0.167 e. The fraction of sp³-hybridized carbons (Fsp3) is 0.696. The highest BCUT2D eigenvalue weighted by Gasteiger charge is 2.25. The Morgan fingerprint density at radius 2 is 0.784 bits per heavy atom. The van der Waals surface area contributed by atoms with Crippen LogP contribution in [0.5, 0.6) is 11.5 Å². The third-order valence-corrected chi connectivity index (χ3v) is 11.7. The van der Waals surface area contributed by atoms with Gasteiger partial charge >= 0.3 is 0 Å². The molecule has 0 aliphatic rings. The van der Waals surface area contributed by atoms with Crippen LogP contribution in [-0.4, -0.2) is 10.1 Å². The molecule has 0 spiro atoms. The van der Waals surface area contributed by atoms with Crippen LogP contribution in [0.2, 0.25) is 0 Å². The quantitative estimate of drug-likeness (QED) is 0.0782. The van der Waals surface area contributed by atoms with Gasteiger partial charge in [-0.25, -0.2) is 0 Å². The zero-order chi connectivity index (χ0) is 37.9. The molecule has 0 radical (unpaired) electrons. The lowest BCUT2D eigenvalue weighted by Gasteiger charge is -2.26. The monoisotopic (exact) mass is 754 g/mol. The van der Waals surface area contributed by atoms with Gasteiger partial charge in [-0.1, -0.05) is 170 Å². The van der Waals surface area contributed by atoms with Gasteiger partial charge < -0.3 is 9.47 Å². The SMILES string of the molecule is CCCCCCCCCCCC(=S)Oc1cc(C)c(Sc2cc(C(C)(C)C)c(OC(=S)CCCCCCCCCCC)cc2C)cc1C(C)(C)C. The van der Waals surface area contributed by atoms with Crippen molar-refractivity contribution in [3.05, 3.63) is 46.5 Å². The Bertz CT molecular complexity index is 1230. The minimum atomic E-state index is -0.0840. The minimum Gasteiger partial charge on any atom is -0.450 e. The van der Waals surface area contributed by atoms with Crippen LogP contribution in [0.1, 0.15) is 206 Å². The van der Waals surface area contributed by atoms with E-state index in [4.69, 9.17) is 33.9 Å². The predicted molar refractivity (Wildman–Crippen MR) is 234 cm³/mol. The van der Waals surface area contributed by atoms with Crippen LogP contribution in [-0.2, 0) is 10.8 Å². The maximum absolute atomic E-state index is 6.43. The van der Waals surface area contributed by atoms with Crippen molar-refractivity contribution >= 4 is 46.3 Å². The molecule has 0 aliphatic heterocycles. The Morgan fingerprint density at radius 1 is 0.490 bits per heavy atom. The summed E-state index contributed by atoms with van der Waals surface area (Å²) in [4.78, 5) is 2.49. The van der Waals surface area contributed by atoms with Crippen molar-refractivity contribution < 1.29 is 9.47 Å². The topological polar surface area (TPSA) is 18.5 Å². The van der Waals surface area contributed by atoms with Gasteiger partial charge in [0.05, 0.1) is 0 Å². The second-order valence-corrected chi connectivity index (χ2v) is 18.9.